The number of aromatic carboxylic acids is 1. The molecule has 8 nitrogen and oxygen atoms in total. The second kappa shape index (κ2) is 5.00. The minimum absolute atomic E-state index is 0.00691. The van der Waals surface area contributed by atoms with Crippen LogP contribution in [-0.4, -0.2) is 29.7 Å². The van der Waals surface area contributed by atoms with Gasteiger partial charge in [0.2, 0.25) is 5.76 Å². The van der Waals surface area contributed by atoms with Crippen molar-refractivity contribution >= 4 is 21.8 Å². The zero-order valence-corrected chi connectivity index (χ0v) is 11.6. The molecule has 9 heteroatoms. The third-order valence-corrected chi connectivity index (χ3v) is 4.16. The van der Waals surface area contributed by atoms with E-state index in [1.165, 1.54) is 13.1 Å². The lowest BCUT2D eigenvalue weighted by molar-refractivity contribution is 0.0661. The SMILES string of the molecule is CCc1cn[nH]c1NS(=O)(=O)c1cc(C(=O)O)oc1C. The fraction of sp³-hybridized carbons (Fsp3) is 0.273. The third-order valence-electron chi connectivity index (χ3n) is 2.71. The van der Waals surface area contributed by atoms with Gasteiger partial charge in [-0.2, -0.15) is 5.10 Å². The van der Waals surface area contributed by atoms with Crippen molar-refractivity contribution in [3.05, 3.63) is 29.3 Å². The first-order valence-electron chi connectivity index (χ1n) is 5.74. The van der Waals surface area contributed by atoms with Crippen LogP contribution in [0.25, 0.3) is 0 Å². The highest BCUT2D eigenvalue weighted by atomic mass is 32.2. The molecule has 0 aliphatic rings. The van der Waals surface area contributed by atoms with Crippen molar-refractivity contribution in [3.8, 4) is 0 Å². The molecule has 2 aromatic rings. The van der Waals surface area contributed by atoms with Gasteiger partial charge in [-0.3, -0.25) is 9.82 Å². The second-order valence-electron chi connectivity index (χ2n) is 4.07. The normalized spacial score (nSPS) is 11.5. The molecule has 0 unspecified atom stereocenters. The number of H-pyrrole nitrogens is 1. The number of hydrogen-bond donors (Lipinski definition) is 3. The molecular weight excluding hydrogens is 286 g/mol. The van der Waals surface area contributed by atoms with Gasteiger partial charge in [-0.15, -0.1) is 0 Å². The lowest BCUT2D eigenvalue weighted by atomic mass is 10.3. The maximum Gasteiger partial charge on any atom is 0.371 e. The number of aromatic nitrogens is 2. The molecule has 2 rings (SSSR count). The molecule has 108 valence electrons. The molecule has 2 aromatic heterocycles. The predicted octanol–water partition coefficient (Wildman–Crippen LogP) is 1.37. The molecular formula is C11H13N3O5S. The third kappa shape index (κ3) is 2.52. The molecule has 20 heavy (non-hydrogen) atoms. The number of furan rings is 1. The molecule has 0 bridgehead atoms. The number of carboxylic acid groups (broad SMARTS) is 1. The van der Waals surface area contributed by atoms with E-state index in [-0.39, 0.29) is 16.5 Å². The summed E-state index contributed by atoms with van der Waals surface area (Å²) in [5.74, 6) is -1.49. The number of carbonyl (C=O) groups is 1. The molecule has 3 N–H and O–H groups in total. The van der Waals surface area contributed by atoms with Gasteiger partial charge in [0.25, 0.3) is 10.0 Å². The Balaban J connectivity index is 2.38. The molecule has 0 fully saturated rings. The lowest BCUT2D eigenvalue weighted by Crippen LogP contribution is -2.14. The van der Waals surface area contributed by atoms with Crippen molar-refractivity contribution in [1.29, 1.82) is 0 Å². The highest BCUT2D eigenvalue weighted by Gasteiger charge is 2.25. The Morgan fingerprint density at radius 3 is 2.80 bits per heavy atom. The van der Waals surface area contributed by atoms with Gasteiger partial charge in [0.1, 0.15) is 16.5 Å². The summed E-state index contributed by atoms with van der Waals surface area (Å²) in [7, 11) is -3.94. The van der Waals surface area contributed by atoms with Gasteiger partial charge < -0.3 is 9.52 Å². The van der Waals surface area contributed by atoms with Gasteiger partial charge in [-0.25, -0.2) is 13.2 Å². The number of sulfonamides is 1. The first-order chi connectivity index (χ1) is 9.35. The Bertz CT molecular complexity index is 744. The highest BCUT2D eigenvalue weighted by molar-refractivity contribution is 7.92. The molecule has 2 heterocycles. The summed E-state index contributed by atoms with van der Waals surface area (Å²) in [5, 5.41) is 15.1. The summed E-state index contributed by atoms with van der Waals surface area (Å²) in [4.78, 5) is 10.6. The van der Waals surface area contributed by atoms with E-state index in [2.05, 4.69) is 14.9 Å². The summed E-state index contributed by atoms with van der Waals surface area (Å²) in [6.07, 6.45) is 2.11. The fourth-order valence-electron chi connectivity index (χ4n) is 1.69. The summed E-state index contributed by atoms with van der Waals surface area (Å²) in [5.41, 5.74) is 0.702. The second-order valence-corrected chi connectivity index (χ2v) is 5.72. The standard InChI is InChI=1S/C11H13N3O5S/c1-3-7-5-12-13-10(7)14-20(17,18)9-4-8(11(15)16)19-6(9)2/h4-5H,3H2,1-2H3,(H,15,16)(H2,12,13,14). The number of carboxylic acids is 1. The Hall–Kier alpha value is -2.29. The number of aromatic amines is 1. The fourth-order valence-corrected chi connectivity index (χ4v) is 2.93. The van der Waals surface area contributed by atoms with Crippen LogP contribution in [0.2, 0.25) is 0 Å². The lowest BCUT2D eigenvalue weighted by Gasteiger charge is -2.06. The van der Waals surface area contributed by atoms with Crippen molar-refractivity contribution in [2.75, 3.05) is 4.72 Å². The van der Waals surface area contributed by atoms with Gasteiger partial charge in [0.05, 0.1) is 6.20 Å². The van der Waals surface area contributed by atoms with Gasteiger partial charge in [0.15, 0.2) is 0 Å². The van der Waals surface area contributed by atoms with Gasteiger partial charge in [-0.1, -0.05) is 6.92 Å². The van der Waals surface area contributed by atoms with Crippen molar-refractivity contribution < 1.29 is 22.7 Å². The molecule has 0 atom stereocenters. The summed E-state index contributed by atoms with van der Waals surface area (Å²) >= 11 is 0. The van der Waals surface area contributed by atoms with E-state index in [1.54, 1.807) is 0 Å². The van der Waals surface area contributed by atoms with Crippen molar-refractivity contribution in [2.45, 2.75) is 25.2 Å². The average molecular weight is 299 g/mol. The monoisotopic (exact) mass is 299 g/mol. The van der Waals surface area contributed by atoms with Crippen LogP contribution in [0.3, 0.4) is 0 Å². The number of hydrogen-bond acceptors (Lipinski definition) is 5. The Morgan fingerprint density at radius 2 is 2.25 bits per heavy atom. The van der Waals surface area contributed by atoms with E-state index in [0.29, 0.717) is 12.0 Å². The van der Waals surface area contributed by atoms with Crippen molar-refractivity contribution in [1.82, 2.24) is 10.2 Å². The van der Waals surface area contributed by atoms with Crippen LogP contribution in [-0.2, 0) is 16.4 Å². The van der Waals surface area contributed by atoms with Crippen LogP contribution in [0.4, 0.5) is 5.82 Å². The first-order valence-corrected chi connectivity index (χ1v) is 7.22. The Labute approximate surface area is 114 Å². The molecule has 0 spiro atoms. The minimum atomic E-state index is -3.94. The molecule has 0 saturated carbocycles. The number of nitrogens with zero attached hydrogens (tertiary/aromatic N) is 1. The molecule has 0 saturated heterocycles. The quantitative estimate of drug-likeness (QED) is 0.765. The molecule has 0 aliphatic heterocycles. The Kier molecular flexibility index (Phi) is 3.53. The van der Waals surface area contributed by atoms with Crippen LogP contribution in [0.5, 0.6) is 0 Å². The maximum absolute atomic E-state index is 12.2. The van der Waals surface area contributed by atoms with Crippen molar-refractivity contribution in [2.24, 2.45) is 0 Å². The topological polar surface area (TPSA) is 125 Å². The largest absolute Gasteiger partial charge is 0.475 e. The smallest absolute Gasteiger partial charge is 0.371 e. The van der Waals surface area contributed by atoms with E-state index in [1.807, 2.05) is 6.92 Å². The average Bonchev–Trinajstić information content (AvgIpc) is 2.95. The summed E-state index contributed by atoms with van der Waals surface area (Å²) in [6.45, 7) is 3.24. The van der Waals surface area contributed by atoms with Crippen molar-refractivity contribution in [3.63, 3.8) is 0 Å². The van der Waals surface area contributed by atoms with Crippen LogP contribution >= 0.6 is 0 Å². The van der Waals surface area contributed by atoms with Crippen LogP contribution in [0, 0.1) is 6.92 Å². The highest BCUT2D eigenvalue weighted by Crippen LogP contribution is 2.23. The first kappa shape index (κ1) is 14.1. The summed E-state index contributed by atoms with van der Waals surface area (Å²) < 4.78 is 31.6. The Morgan fingerprint density at radius 1 is 1.55 bits per heavy atom. The molecule has 0 aliphatic carbocycles. The maximum atomic E-state index is 12.2. The van der Waals surface area contributed by atoms with Gasteiger partial charge >= 0.3 is 5.97 Å². The van der Waals surface area contributed by atoms with E-state index >= 15 is 0 Å². The van der Waals surface area contributed by atoms with E-state index in [4.69, 9.17) is 9.52 Å². The van der Waals surface area contributed by atoms with E-state index in [0.717, 1.165) is 6.07 Å². The summed E-state index contributed by atoms with van der Waals surface area (Å²) in [6, 6.07) is 0.974. The van der Waals surface area contributed by atoms with Crippen LogP contribution in [0.15, 0.2) is 21.6 Å². The predicted molar refractivity (Wildman–Crippen MR) is 69.2 cm³/mol. The van der Waals surface area contributed by atoms with Crippen LogP contribution < -0.4 is 4.72 Å². The number of anilines is 1. The number of aryl methyl sites for hydroxylation is 2. The van der Waals surface area contributed by atoms with Gasteiger partial charge in [0, 0.05) is 11.6 Å². The van der Waals surface area contributed by atoms with E-state index in [9.17, 15) is 13.2 Å². The zero-order chi connectivity index (χ0) is 14.9. The zero-order valence-electron chi connectivity index (χ0n) is 10.8. The molecule has 0 amide bonds. The number of nitrogens with one attached hydrogen (secondary N) is 2. The number of rotatable bonds is 5. The minimum Gasteiger partial charge on any atom is -0.475 e. The molecule has 0 radical (unpaired) electrons. The molecule has 0 aromatic carbocycles. The van der Waals surface area contributed by atoms with E-state index < -0.39 is 21.8 Å². The van der Waals surface area contributed by atoms with Gasteiger partial charge in [-0.05, 0) is 13.3 Å². The van der Waals surface area contributed by atoms with Crippen LogP contribution in [0.1, 0.15) is 28.8 Å².